The molecule has 2 aromatic rings. The molecule has 0 spiro atoms. The number of rotatable bonds is 5. The third-order valence-electron chi connectivity index (χ3n) is 2.92. The topological polar surface area (TPSA) is 67.4 Å². The highest BCUT2D eigenvalue weighted by molar-refractivity contribution is 8.00. The predicted molar refractivity (Wildman–Crippen MR) is 95.8 cm³/mol. The molecule has 0 aliphatic heterocycles. The minimum Gasteiger partial charge on any atom is -0.496 e. The third-order valence-corrected chi connectivity index (χ3v) is 4.65. The van der Waals surface area contributed by atoms with Crippen LogP contribution in [0.1, 0.15) is 10.4 Å². The van der Waals surface area contributed by atoms with Crippen molar-refractivity contribution in [2.75, 3.05) is 12.9 Å². The first kappa shape index (κ1) is 18.4. The molecule has 0 heterocycles. The van der Waals surface area contributed by atoms with Crippen LogP contribution in [0.3, 0.4) is 0 Å². The smallest absolute Gasteiger partial charge is 0.273 e. The summed E-state index contributed by atoms with van der Waals surface area (Å²) in [7, 11) is 1.47. The normalized spacial score (nSPS) is 10.1. The Morgan fingerprint density at radius 2 is 1.88 bits per heavy atom. The van der Waals surface area contributed by atoms with Gasteiger partial charge < -0.3 is 4.74 Å². The van der Waals surface area contributed by atoms with Crippen LogP contribution in [0.15, 0.2) is 47.4 Å². The lowest BCUT2D eigenvalue weighted by atomic mass is 10.2. The molecule has 0 atom stereocenters. The number of carbonyl (C=O) groups is 2. The Kier molecular flexibility index (Phi) is 6.78. The van der Waals surface area contributed by atoms with Crippen LogP contribution in [-0.4, -0.2) is 24.7 Å². The summed E-state index contributed by atoms with van der Waals surface area (Å²) in [5.41, 5.74) is 5.02. The number of benzene rings is 2. The first-order chi connectivity index (χ1) is 11.5. The molecule has 2 N–H and O–H groups in total. The zero-order chi connectivity index (χ0) is 17.5. The van der Waals surface area contributed by atoms with E-state index in [1.165, 1.54) is 18.9 Å². The zero-order valence-electron chi connectivity index (χ0n) is 12.6. The van der Waals surface area contributed by atoms with Crippen molar-refractivity contribution in [2.45, 2.75) is 4.90 Å². The van der Waals surface area contributed by atoms with Crippen LogP contribution in [0.4, 0.5) is 0 Å². The monoisotopic (exact) mass is 384 g/mol. The predicted octanol–water partition coefficient (Wildman–Crippen LogP) is 3.56. The van der Waals surface area contributed by atoms with Crippen LogP contribution in [-0.2, 0) is 4.79 Å². The van der Waals surface area contributed by atoms with Gasteiger partial charge in [-0.15, -0.1) is 11.8 Å². The fourth-order valence-corrected chi connectivity index (χ4v) is 3.09. The van der Waals surface area contributed by atoms with Crippen molar-refractivity contribution in [3.05, 3.63) is 58.1 Å². The van der Waals surface area contributed by atoms with Crippen molar-refractivity contribution >= 4 is 46.8 Å². The van der Waals surface area contributed by atoms with Gasteiger partial charge in [0.1, 0.15) is 5.75 Å². The maximum Gasteiger partial charge on any atom is 0.273 e. The Labute approximate surface area is 153 Å². The molecule has 0 saturated carbocycles. The molecule has 5 nitrogen and oxygen atoms in total. The largest absolute Gasteiger partial charge is 0.496 e. The van der Waals surface area contributed by atoms with Crippen molar-refractivity contribution in [3.8, 4) is 5.75 Å². The van der Waals surface area contributed by atoms with Crippen molar-refractivity contribution < 1.29 is 14.3 Å². The van der Waals surface area contributed by atoms with Gasteiger partial charge in [0.15, 0.2) is 0 Å². The minimum atomic E-state index is -0.466. The molecular formula is C16H14Cl2N2O3S. The molecule has 126 valence electrons. The average Bonchev–Trinajstić information content (AvgIpc) is 2.60. The number of halogens is 2. The Morgan fingerprint density at radius 1 is 1.12 bits per heavy atom. The number of hydrogen-bond donors (Lipinski definition) is 2. The van der Waals surface area contributed by atoms with E-state index in [0.717, 1.165) is 0 Å². The zero-order valence-corrected chi connectivity index (χ0v) is 15.0. The fraction of sp³-hybridized carbons (Fsp3) is 0.125. The van der Waals surface area contributed by atoms with E-state index in [4.69, 9.17) is 27.9 Å². The number of hydrazine groups is 1. The molecule has 0 aliphatic rings. The number of thioether (sulfide) groups is 1. The molecule has 0 aromatic heterocycles. The van der Waals surface area contributed by atoms with Gasteiger partial charge in [0.2, 0.25) is 5.91 Å². The minimum absolute atomic E-state index is 0.0757. The molecule has 0 unspecified atom stereocenters. The fourth-order valence-electron chi connectivity index (χ4n) is 1.79. The van der Waals surface area contributed by atoms with Crippen LogP contribution in [0, 0.1) is 0 Å². The van der Waals surface area contributed by atoms with Gasteiger partial charge in [-0.25, -0.2) is 0 Å². The van der Waals surface area contributed by atoms with Crippen LogP contribution in [0.25, 0.3) is 0 Å². The van der Waals surface area contributed by atoms with E-state index in [1.54, 1.807) is 42.5 Å². The summed E-state index contributed by atoms with van der Waals surface area (Å²) in [6.07, 6.45) is 0. The maximum absolute atomic E-state index is 12.1. The van der Waals surface area contributed by atoms with Gasteiger partial charge in [0, 0.05) is 9.92 Å². The highest BCUT2D eigenvalue weighted by Gasteiger charge is 2.12. The maximum atomic E-state index is 12.1. The summed E-state index contributed by atoms with van der Waals surface area (Å²) in [6, 6.07) is 11.7. The van der Waals surface area contributed by atoms with Crippen LogP contribution in [0.5, 0.6) is 5.75 Å². The molecule has 0 aliphatic carbocycles. The third kappa shape index (κ3) is 5.06. The Bertz CT molecular complexity index is 756. The standard InChI is InChI=1S/C16H14Cl2N2O3S/c1-23-13-5-3-2-4-11(13)16(22)20-19-15(21)9-24-14-8-10(17)6-7-12(14)18/h2-8H,9H2,1H3,(H,19,21)(H,20,22). The van der Waals surface area contributed by atoms with E-state index < -0.39 is 5.91 Å². The van der Waals surface area contributed by atoms with Crippen molar-refractivity contribution in [2.24, 2.45) is 0 Å². The molecule has 0 saturated heterocycles. The number of nitrogens with one attached hydrogen (secondary N) is 2. The molecule has 8 heteroatoms. The summed E-state index contributed by atoms with van der Waals surface area (Å²) in [5.74, 6) is -0.345. The van der Waals surface area contributed by atoms with Gasteiger partial charge in [0.05, 0.1) is 23.4 Å². The lowest BCUT2D eigenvalue weighted by molar-refractivity contribution is -0.119. The van der Waals surface area contributed by atoms with Gasteiger partial charge in [-0.05, 0) is 30.3 Å². The number of para-hydroxylation sites is 1. The number of carbonyl (C=O) groups excluding carboxylic acids is 2. The molecule has 24 heavy (non-hydrogen) atoms. The van der Waals surface area contributed by atoms with E-state index in [0.29, 0.717) is 26.3 Å². The second-order valence-electron chi connectivity index (χ2n) is 4.57. The molecular weight excluding hydrogens is 371 g/mol. The summed E-state index contributed by atoms with van der Waals surface area (Å²) >= 11 is 13.1. The number of amides is 2. The number of ether oxygens (including phenoxy) is 1. The summed E-state index contributed by atoms with van der Waals surface area (Å²) < 4.78 is 5.10. The van der Waals surface area contributed by atoms with E-state index in [2.05, 4.69) is 10.9 Å². The molecule has 2 aromatic carbocycles. The second kappa shape index (κ2) is 8.82. The number of hydrogen-bond acceptors (Lipinski definition) is 4. The van der Waals surface area contributed by atoms with Gasteiger partial charge in [-0.2, -0.15) is 0 Å². The van der Waals surface area contributed by atoms with Gasteiger partial charge >= 0.3 is 0 Å². The van der Waals surface area contributed by atoms with E-state index in [9.17, 15) is 9.59 Å². The Balaban J connectivity index is 1.87. The lowest BCUT2D eigenvalue weighted by Gasteiger charge is -2.10. The molecule has 0 bridgehead atoms. The Morgan fingerprint density at radius 3 is 2.62 bits per heavy atom. The molecule has 0 radical (unpaired) electrons. The first-order valence-corrected chi connectivity index (χ1v) is 8.55. The van der Waals surface area contributed by atoms with Crippen LogP contribution < -0.4 is 15.6 Å². The van der Waals surface area contributed by atoms with E-state index >= 15 is 0 Å². The molecule has 0 fully saturated rings. The van der Waals surface area contributed by atoms with Crippen LogP contribution >= 0.6 is 35.0 Å². The molecule has 2 rings (SSSR count). The van der Waals surface area contributed by atoms with Gasteiger partial charge in [0.25, 0.3) is 5.91 Å². The Hall–Kier alpha value is -1.89. The van der Waals surface area contributed by atoms with Crippen molar-refractivity contribution in [1.29, 1.82) is 0 Å². The van der Waals surface area contributed by atoms with E-state index in [1.807, 2.05) is 0 Å². The first-order valence-electron chi connectivity index (χ1n) is 6.81. The molecule has 2 amide bonds. The van der Waals surface area contributed by atoms with Crippen molar-refractivity contribution in [3.63, 3.8) is 0 Å². The van der Waals surface area contributed by atoms with Gasteiger partial charge in [-0.1, -0.05) is 35.3 Å². The summed E-state index contributed by atoms with van der Waals surface area (Å²) in [6.45, 7) is 0. The van der Waals surface area contributed by atoms with E-state index in [-0.39, 0.29) is 11.7 Å². The SMILES string of the molecule is COc1ccccc1C(=O)NNC(=O)CSc1cc(Cl)ccc1Cl. The van der Waals surface area contributed by atoms with Gasteiger partial charge in [-0.3, -0.25) is 20.4 Å². The summed E-state index contributed by atoms with van der Waals surface area (Å²) in [4.78, 5) is 24.6. The lowest BCUT2D eigenvalue weighted by Crippen LogP contribution is -2.42. The average molecular weight is 385 g/mol. The van der Waals surface area contributed by atoms with Crippen LogP contribution in [0.2, 0.25) is 10.0 Å². The highest BCUT2D eigenvalue weighted by atomic mass is 35.5. The second-order valence-corrected chi connectivity index (χ2v) is 6.43. The highest BCUT2D eigenvalue weighted by Crippen LogP contribution is 2.29. The van der Waals surface area contributed by atoms with Crippen molar-refractivity contribution in [1.82, 2.24) is 10.9 Å². The summed E-state index contributed by atoms with van der Waals surface area (Å²) in [5, 5.41) is 1.04. The quantitative estimate of drug-likeness (QED) is 0.610. The number of methoxy groups -OCH3 is 1.